The molecule has 2 unspecified atom stereocenters. The number of nitrogens with one attached hydrogen (secondary N) is 4. The third-order valence-electron chi connectivity index (χ3n) is 4.76. The van der Waals surface area contributed by atoms with Gasteiger partial charge in [0.1, 0.15) is 23.4 Å². The van der Waals surface area contributed by atoms with Crippen molar-refractivity contribution in [3.05, 3.63) is 77.4 Å². The van der Waals surface area contributed by atoms with Crippen molar-refractivity contribution in [1.29, 1.82) is 0 Å². The highest BCUT2D eigenvalue weighted by Gasteiger charge is 2.38. The molecular formula is C20H20F3N5O2. The minimum absolute atomic E-state index is 0.298. The van der Waals surface area contributed by atoms with Crippen LogP contribution >= 0.6 is 0 Å². The van der Waals surface area contributed by atoms with Crippen LogP contribution in [0, 0.1) is 0 Å². The largest absolute Gasteiger partial charge is 0.573 e. The Kier molecular flexibility index (Phi) is 5.17. The van der Waals surface area contributed by atoms with Gasteiger partial charge in [-0.15, -0.1) is 13.2 Å². The monoisotopic (exact) mass is 419 g/mol. The van der Waals surface area contributed by atoms with Gasteiger partial charge in [0.05, 0.1) is 6.04 Å². The van der Waals surface area contributed by atoms with Gasteiger partial charge in [-0.1, -0.05) is 36.4 Å². The molecule has 3 heterocycles. The Morgan fingerprint density at radius 3 is 2.80 bits per heavy atom. The molecule has 4 rings (SSSR count). The number of halogens is 3. The van der Waals surface area contributed by atoms with Gasteiger partial charge >= 0.3 is 6.36 Å². The number of hydrogen-bond donors (Lipinski definition) is 4. The number of hydrazine groups is 1. The summed E-state index contributed by atoms with van der Waals surface area (Å²) in [5.41, 5.74) is 4.41. The number of benzene rings is 1. The summed E-state index contributed by atoms with van der Waals surface area (Å²) in [6.45, 7) is 2.37. The zero-order valence-electron chi connectivity index (χ0n) is 16.0. The number of fused-ring (bicyclic) bond motifs is 1. The number of carbonyl (C=O) groups excluding carboxylic acids is 1. The van der Waals surface area contributed by atoms with Crippen molar-refractivity contribution >= 4 is 5.91 Å². The van der Waals surface area contributed by atoms with Gasteiger partial charge in [0.2, 0.25) is 0 Å². The van der Waals surface area contributed by atoms with E-state index in [1.165, 1.54) is 12.1 Å². The lowest BCUT2D eigenvalue weighted by Crippen LogP contribution is -2.51. The third-order valence-corrected chi connectivity index (χ3v) is 4.76. The zero-order chi connectivity index (χ0) is 21.3. The Labute approximate surface area is 170 Å². The summed E-state index contributed by atoms with van der Waals surface area (Å²) < 4.78 is 42.5. The number of para-hydroxylation sites is 1. The highest BCUT2D eigenvalue weighted by Crippen LogP contribution is 2.34. The minimum Gasteiger partial charge on any atom is -0.405 e. The highest BCUT2D eigenvalue weighted by atomic mass is 19.4. The molecule has 2 atom stereocenters. The molecule has 4 N–H and O–H groups in total. The second-order valence-corrected chi connectivity index (χ2v) is 6.85. The number of dihydropyridines is 1. The van der Waals surface area contributed by atoms with Crippen molar-refractivity contribution in [3.8, 4) is 5.75 Å². The van der Waals surface area contributed by atoms with Gasteiger partial charge in [-0.25, -0.2) is 5.43 Å². The molecule has 30 heavy (non-hydrogen) atoms. The summed E-state index contributed by atoms with van der Waals surface area (Å²) in [5.74, 6) is -0.0787. The number of rotatable bonds is 4. The van der Waals surface area contributed by atoms with E-state index in [0.29, 0.717) is 29.3 Å². The first-order valence-corrected chi connectivity index (χ1v) is 9.30. The van der Waals surface area contributed by atoms with Crippen molar-refractivity contribution in [1.82, 2.24) is 26.4 Å². The van der Waals surface area contributed by atoms with Crippen LogP contribution in [0.2, 0.25) is 0 Å². The van der Waals surface area contributed by atoms with Crippen molar-refractivity contribution in [2.24, 2.45) is 0 Å². The van der Waals surface area contributed by atoms with Gasteiger partial charge in [-0.05, 0) is 25.1 Å². The second-order valence-electron chi connectivity index (χ2n) is 6.85. The number of amides is 1. The molecule has 0 fully saturated rings. The maximum atomic E-state index is 12.9. The average molecular weight is 419 g/mol. The number of alkyl halides is 3. The number of carbonyl (C=O) groups is 1. The molecule has 0 saturated carbocycles. The van der Waals surface area contributed by atoms with E-state index < -0.39 is 12.4 Å². The summed E-state index contributed by atoms with van der Waals surface area (Å²) in [7, 11) is 0. The Bertz CT molecular complexity index is 967. The lowest BCUT2D eigenvalue weighted by atomic mass is 10.0. The summed E-state index contributed by atoms with van der Waals surface area (Å²) in [6, 6.07) is 5.29. The van der Waals surface area contributed by atoms with Gasteiger partial charge < -0.3 is 20.7 Å². The van der Waals surface area contributed by atoms with Crippen LogP contribution < -0.4 is 26.1 Å². The average Bonchev–Trinajstić information content (AvgIpc) is 3.03. The van der Waals surface area contributed by atoms with Crippen LogP contribution in [0.5, 0.6) is 5.75 Å². The second kappa shape index (κ2) is 7.79. The quantitative estimate of drug-likeness (QED) is 0.561. The van der Waals surface area contributed by atoms with Gasteiger partial charge in [-0.3, -0.25) is 9.80 Å². The first-order chi connectivity index (χ1) is 14.3. The van der Waals surface area contributed by atoms with E-state index >= 15 is 0 Å². The molecule has 1 aromatic carbocycles. The lowest BCUT2D eigenvalue weighted by Gasteiger charge is -2.35. The molecule has 1 amide bonds. The van der Waals surface area contributed by atoms with Crippen LogP contribution in [-0.4, -0.2) is 30.0 Å². The first-order valence-electron chi connectivity index (χ1n) is 9.30. The molecule has 3 aliphatic heterocycles. The fourth-order valence-electron chi connectivity index (χ4n) is 3.50. The van der Waals surface area contributed by atoms with Gasteiger partial charge in [0, 0.05) is 17.8 Å². The topological polar surface area (TPSA) is 77.7 Å². The summed E-state index contributed by atoms with van der Waals surface area (Å²) in [5, 5.41) is 10.6. The SMILES string of the molecule is CC1=C(C(=O)NC2=CC=CCN2)N2NC(c3ccccc3OC(F)(F)F)C=CC2N1. The fourth-order valence-corrected chi connectivity index (χ4v) is 3.50. The predicted octanol–water partition coefficient (Wildman–Crippen LogP) is 2.28. The molecule has 7 nitrogen and oxygen atoms in total. The summed E-state index contributed by atoms with van der Waals surface area (Å²) in [6.07, 6.45) is 3.86. The van der Waals surface area contributed by atoms with Crippen LogP contribution in [0.25, 0.3) is 0 Å². The Balaban J connectivity index is 1.56. The van der Waals surface area contributed by atoms with Crippen molar-refractivity contribution in [3.63, 3.8) is 0 Å². The lowest BCUT2D eigenvalue weighted by molar-refractivity contribution is -0.275. The molecule has 3 aliphatic rings. The smallest absolute Gasteiger partial charge is 0.405 e. The molecule has 0 radical (unpaired) electrons. The highest BCUT2D eigenvalue weighted by molar-refractivity contribution is 5.95. The van der Waals surface area contributed by atoms with Crippen LogP contribution in [0.15, 0.2) is 71.9 Å². The zero-order valence-corrected chi connectivity index (χ0v) is 16.0. The van der Waals surface area contributed by atoms with E-state index in [1.54, 1.807) is 42.3 Å². The maximum absolute atomic E-state index is 12.9. The van der Waals surface area contributed by atoms with Gasteiger partial charge in [0.15, 0.2) is 0 Å². The molecule has 0 saturated heterocycles. The summed E-state index contributed by atoms with van der Waals surface area (Å²) >= 11 is 0. The maximum Gasteiger partial charge on any atom is 0.573 e. The summed E-state index contributed by atoms with van der Waals surface area (Å²) in [4.78, 5) is 12.9. The number of ether oxygens (including phenoxy) is 1. The van der Waals surface area contributed by atoms with Crippen molar-refractivity contribution in [2.75, 3.05) is 6.54 Å². The first kappa shape index (κ1) is 19.9. The predicted molar refractivity (Wildman–Crippen MR) is 103 cm³/mol. The normalized spacial score (nSPS) is 22.8. The Morgan fingerprint density at radius 2 is 2.07 bits per heavy atom. The number of nitrogens with zero attached hydrogens (tertiary/aromatic N) is 1. The molecule has 10 heteroatoms. The van der Waals surface area contributed by atoms with Gasteiger partial charge in [0.25, 0.3) is 5.91 Å². The molecule has 158 valence electrons. The van der Waals surface area contributed by atoms with Gasteiger partial charge in [-0.2, -0.15) is 0 Å². The third kappa shape index (κ3) is 4.13. The standard InChI is InChI=1S/C20H20F3N5O2/c1-12-18(19(29)26-16-8-4-5-11-24-16)28-17(25-12)10-9-14(27-28)13-6-2-3-7-15(13)30-20(21,22)23/h2-10,14,17,24-25,27H,11H2,1H3,(H,26,29). The fraction of sp³-hybridized carbons (Fsp3) is 0.250. The number of hydrogen-bond acceptors (Lipinski definition) is 6. The molecule has 0 aliphatic carbocycles. The molecule has 0 bridgehead atoms. The Morgan fingerprint density at radius 1 is 1.27 bits per heavy atom. The van der Waals surface area contributed by atoms with Crippen LogP contribution in [-0.2, 0) is 4.79 Å². The number of allylic oxidation sites excluding steroid dienone is 3. The molecular weight excluding hydrogens is 399 g/mol. The molecule has 1 aromatic rings. The van der Waals surface area contributed by atoms with Crippen molar-refractivity contribution < 1.29 is 22.7 Å². The van der Waals surface area contributed by atoms with E-state index in [1.807, 2.05) is 12.2 Å². The Hall–Kier alpha value is -3.40. The van der Waals surface area contributed by atoms with Crippen LogP contribution in [0.3, 0.4) is 0 Å². The van der Waals surface area contributed by atoms with E-state index in [9.17, 15) is 18.0 Å². The van der Waals surface area contributed by atoms with Crippen LogP contribution in [0.1, 0.15) is 18.5 Å². The van der Waals surface area contributed by atoms with E-state index in [0.717, 1.165) is 0 Å². The van der Waals surface area contributed by atoms with E-state index in [2.05, 4.69) is 26.1 Å². The van der Waals surface area contributed by atoms with E-state index in [4.69, 9.17) is 0 Å². The minimum atomic E-state index is -4.80. The molecule has 0 aromatic heterocycles. The van der Waals surface area contributed by atoms with Crippen molar-refractivity contribution in [2.45, 2.75) is 25.5 Å². The molecule has 0 spiro atoms. The van der Waals surface area contributed by atoms with E-state index in [-0.39, 0.29) is 17.8 Å². The van der Waals surface area contributed by atoms with Crippen LogP contribution in [0.4, 0.5) is 13.2 Å².